The molecule has 8 aromatic carbocycles. The fourth-order valence-corrected chi connectivity index (χ4v) is 7.01. The lowest BCUT2D eigenvalue weighted by molar-refractivity contribution is 0.311. The molecule has 0 amide bonds. The SMILES string of the molecule is Oc1c(-c2cccc(Cl)c2F)c2cc(COc3c(-c4cccc(Cl)c4F)c4ccccc4c4ccccc34)ccc2c2ccccc12. The Hall–Kier alpha value is -5.16. The fraction of sp³-hybridized carbons (Fsp3) is 0.0244. The van der Waals surface area contributed by atoms with E-state index in [2.05, 4.69) is 0 Å². The molecule has 8 aromatic rings. The van der Waals surface area contributed by atoms with E-state index in [0.717, 1.165) is 37.9 Å². The lowest BCUT2D eigenvalue weighted by Crippen LogP contribution is -2.01. The summed E-state index contributed by atoms with van der Waals surface area (Å²) >= 11 is 12.5. The molecule has 6 heteroatoms. The van der Waals surface area contributed by atoms with E-state index in [1.54, 1.807) is 24.3 Å². The number of halogens is 4. The Morgan fingerprint density at radius 3 is 1.62 bits per heavy atom. The van der Waals surface area contributed by atoms with Gasteiger partial charge in [-0.3, -0.25) is 0 Å². The molecular formula is C41H24Cl2F2O2. The maximum absolute atomic E-state index is 15.7. The van der Waals surface area contributed by atoms with Gasteiger partial charge in [0.15, 0.2) is 0 Å². The fourth-order valence-electron chi connectivity index (χ4n) is 6.66. The van der Waals surface area contributed by atoms with Crippen LogP contribution in [-0.2, 0) is 6.61 Å². The highest BCUT2D eigenvalue weighted by Crippen LogP contribution is 2.47. The standard InChI is InChI=1S/C41H24Cl2F2O2/c42-34-17-7-15-31(38(34)44)36-33-21-23(19-20-27(33)25-10-2-5-13-29(25)40(36)46)22-47-41-30-14-6-3-11-26(30)24-9-1-4-12-28(24)37(41)32-16-8-18-35(43)39(32)45/h1-21,46H,22H2. The quantitative estimate of drug-likeness (QED) is 0.187. The van der Waals surface area contributed by atoms with Crippen molar-refractivity contribution < 1.29 is 18.6 Å². The van der Waals surface area contributed by atoms with Crippen LogP contribution in [0.4, 0.5) is 8.78 Å². The normalized spacial score (nSPS) is 11.6. The van der Waals surface area contributed by atoms with Crippen LogP contribution in [0.1, 0.15) is 5.56 Å². The molecule has 0 aliphatic carbocycles. The van der Waals surface area contributed by atoms with Crippen LogP contribution in [0.3, 0.4) is 0 Å². The Morgan fingerprint density at radius 2 is 0.979 bits per heavy atom. The summed E-state index contributed by atoms with van der Waals surface area (Å²) < 4.78 is 37.9. The van der Waals surface area contributed by atoms with Gasteiger partial charge in [-0.2, -0.15) is 0 Å². The van der Waals surface area contributed by atoms with Gasteiger partial charge in [-0.15, -0.1) is 0 Å². The van der Waals surface area contributed by atoms with E-state index < -0.39 is 11.6 Å². The number of phenols is 1. The largest absolute Gasteiger partial charge is 0.507 e. The average Bonchev–Trinajstić information content (AvgIpc) is 3.10. The summed E-state index contributed by atoms with van der Waals surface area (Å²) in [6.45, 7) is 0.110. The molecule has 0 spiro atoms. The van der Waals surface area contributed by atoms with Crippen LogP contribution < -0.4 is 4.74 Å². The van der Waals surface area contributed by atoms with E-state index in [4.69, 9.17) is 27.9 Å². The monoisotopic (exact) mass is 656 g/mol. The van der Waals surface area contributed by atoms with Gasteiger partial charge in [-0.25, -0.2) is 8.78 Å². The van der Waals surface area contributed by atoms with Crippen LogP contribution in [0.15, 0.2) is 127 Å². The van der Waals surface area contributed by atoms with Crippen molar-refractivity contribution >= 4 is 66.3 Å². The minimum atomic E-state index is -0.612. The van der Waals surface area contributed by atoms with Gasteiger partial charge in [-0.05, 0) is 56.1 Å². The number of hydrogen-bond donors (Lipinski definition) is 1. The summed E-state index contributed by atoms with van der Waals surface area (Å²) in [5.41, 5.74) is 2.25. The molecule has 0 aliphatic rings. The van der Waals surface area contributed by atoms with Crippen molar-refractivity contribution in [3.05, 3.63) is 155 Å². The second-order valence-electron chi connectivity index (χ2n) is 11.4. The molecule has 0 aliphatic heterocycles. The number of aromatic hydroxyl groups is 1. The maximum Gasteiger partial charge on any atom is 0.149 e. The van der Waals surface area contributed by atoms with Crippen molar-refractivity contribution in [1.29, 1.82) is 0 Å². The van der Waals surface area contributed by atoms with Crippen LogP contribution in [-0.4, -0.2) is 5.11 Å². The third-order valence-corrected chi connectivity index (χ3v) is 9.36. The van der Waals surface area contributed by atoms with Crippen LogP contribution in [0.5, 0.6) is 11.5 Å². The van der Waals surface area contributed by atoms with Gasteiger partial charge < -0.3 is 9.84 Å². The van der Waals surface area contributed by atoms with E-state index in [0.29, 0.717) is 33.2 Å². The number of fused-ring (bicyclic) bond motifs is 6. The van der Waals surface area contributed by atoms with Crippen LogP contribution >= 0.6 is 23.2 Å². The van der Waals surface area contributed by atoms with Gasteiger partial charge in [0.2, 0.25) is 0 Å². The number of ether oxygens (including phenoxy) is 1. The number of rotatable bonds is 5. The van der Waals surface area contributed by atoms with Gasteiger partial charge in [-0.1, -0.05) is 132 Å². The molecule has 0 saturated heterocycles. The molecule has 0 radical (unpaired) electrons. The Kier molecular flexibility index (Phi) is 7.20. The van der Waals surface area contributed by atoms with E-state index in [1.165, 1.54) is 12.1 Å². The zero-order valence-corrected chi connectivity index (χ0v) is 26.2. The summed E-state index contributed by atoms with van der Waals surface area (Å²) in [5.74, 6) is -0.658. The molecule has 228 valence electrons. The second kappa shape index (κ2) is 11.6. The zero-order valence-electron chi connectivity index (χ0n) is 24.7. The first-order valence-electron chi connectivity index (χ1n) is 15.0. The lowest BCUT2D eigenvalue weighted by atomic mass is 9.90. The van der Waals surface area contributed by atoms with E-state index in [-0.39, 0.29) is 28.0 Å². The molecular weight excluding hydrogens is 633 g/mol. The van der Waals surface area contributed by atoms with Crippen LogP contribution in [0.2, 0.25) is 10.0 Å². The molecule has 0 bridgehead atoms. The Balaban J connectivity index is 1.34. The molecule has 8 rings (SSSR count). The summed E-state index contributed by atoms with van der Waals surface area (Å²) in [5, 5.41) is 18.1. The highest BCUT2D eigenvalue weighted by atomic mass is 35.5. The first-order valence-corrected chi connectivity index (χ1v) is 15.8. The zero-order chi connectivity index (χ0) is 32.2. The average molecular weight is 658 g/mol. The van der Waals surface area contributed by atoms with Crippen molar-refractivity contribution in [3.8, 4) is 33.8 Å². The second-order valence-corrected chi connectivity index (χ2v) is 12.3. The topological polar surface area (TPSA) is 29.5 Å². The number of benzene rings is 8. The van der Waals surface area contributed by atoms with Gasteiger partial charge in [0.1, 0.15) is 29.7 Å². The van der Waals surface area contributed by atoms with Crippen molar-refractivity contribution in [2.75, 3.05) is 0 Å². The highest BCUT2D eigenvalue weighted by Gasteiger charge is 2.22. The first kappa shape index (κ1) is 29.3. The maximum atomic E-state index is 15.7. The summed E-state index contributed by atoms with van der Waals surface area (Å²) in [6, 6.07) is 38.8. The first-order chi connectivity index (χ1) is 22.9. The number of hydrogen-bond acceptors (Lipinski definition) is 2. The molecule has 1 N–H and O–H groups in total. The Bertz CT molecular complexity index is 2540. The Morgan fingerprint density at radius 1 is 0.489 bits per heavy atom. The van der Waals surface area contributed by atoms with E-state index in [9.17, 15) is 5.11 Å². The smallest absolute Gasteiger partial charge is 0.149 e. The summed E-state index contributed by atoms with van der Waals surface area (Å²) in [7, 11) is 0. The number of phenolic OH excluding ortho intramolecular Hbond substituents is 1. The molecule has 0 unspecified atom stereocenters. The Labute approximate surface area is 279 Å². The predicted octanol–water partition coefficient (Wildman–Crippen LogP) is 12.5. The van der Waals surface area contributed by atoms with Crippen molar-refractivity contribution in [3.63, 3.8) is 0 Å². The molecule has 0 saturated carbocycles. The summed E-state index contributed by atoms with van der Waals surface area (Å²) in [6.07, 6.45) is 0. The third kappa shape index (κ3) is 4.75. The third-order valence-electron chi connectivity index (χ3n) is 8.77. The molecule has 2 nitrogen and oxygen atoms in total. The van der Waals surface area contributed by atoms with Gasteiger partial charge in [0.05, 0.1) is 10.0 Å². The minimum Gasteiger partial charge on any atom is -0.507 e. The van der Waals surface area contributed by atoms with Gasteiger partial charge >= 0.3 is 0 Å². The molecule has 0 heterocycles. The van der Waals surface area contributed by atoms with Gasteiger partial charge in [0.25, 0.3) is 0 Å². The summed E-state index contributed by atoms with van der Waals surface area (Å²) in [4.78, 5) is 0. The minimum absolute atomic E-state index is 0.0213. The predicted molar refractivity (Wildman–Crippen MR) is 190 cm³/mol. The van der Waals surface area contributed by atoms with Crippen molar-refractivity contribution in [1.82, 2.24) is 0 Å². The van der Waals surface area contributed by atoms with Crippen LogP contribution in [0.25, 0.3) is 65.3 Å². The molecule has 47 heavy (non-hydrogen) atoms. The highest BCUT2D eigenvalue weighted by molar-refractivity contribution is 6.31. The molecule has 0 fully saturated rings. The van der Waals surface area contributed by atoms with Gasteiger partial charge in [0, 0.05) is 33.0 Å². The molecule has 0 aromatic heterocycles. The van der Waals surface area contributed by atoms with Crippen LogP contribution in [0, 0.1) is 11.6 Å². The lowest BCUT2D eigenvalue weighted by Gasteiger charge is -2.20. The molecule has 0 atom stereocenters. The van der Waals surface area contributed by atoms with Crippen molar-refractivity contribution in [2.24, 2.45) is 0 Å². The van der Waals surface area contributed by atoms with E-state index in [1.807, 2.05) is 91.0 Å². The van der Waals surface area contributed by atoms with E-state index >= 15 is 8.78 Å². The van der Waals surface area contributed by atoms with Crippen molar-refractivity contribution in [2.45, 2.75) is 6.61 Å².